The van der Waals surface area contributed by atoms with Crippen LogP contribution in [0.5, 0.6) is 11.5 Å². The van der Waals surface area contributed by atoms with E-state index in [2.05, 4.69) is 0 Å². The highest BCUT2D eigenvalue weighted by Gasteiger charge is 2.27. The first-order chi connectivity index (χ1) is 9.97. The van der Waals surface area contributed by atoms with Gasteiger partial charge >= 0.3 is 0 Å². The lowest BCUT2D eigenvalue weighted by atomic mass is 10.0. The van der Waals surface area contributed by atoms with Crippen LogP contribution in [0.15, 0.2) is 18.2 Å². The van der Waals surface area contributed by atoms with Crippen molar-refractivity contribution in [1.29, 1.82) is 0 Å². The van der Waals surface area contributed by atoms with Gasteiger partial charge in [-0.15, -0.1) is 0 Å². The third kappa shape index (κ3) is 4.11. The smallest absolute Gasteiger partial charge is 0.254 e. The van der Waals surface area contributed by atoms with Crippen LogP contribution in [0.25, 0.3) is 0 Å². The van der Waals surface area contributed by atoms with E-state index < -0.39 is 6.10 Å². The summed E-state index contributed by atoms with van der Waals surface area (Å²) < 4.78 is 0. The SMILES string of the molecule is CC(O)CC1CCCCCN1C(=O)c1cc(O)cc(O)c1. The Kier molecular flexibility index (Phi) is 5.07. The number of amides is 1. The number of likely N-dealkylation sites (tertiary alicyclic amines) is 1. The Hall–Kier alpha value is -1.75. The Morgan fingerprint density at radius 2 is 1.90 bits per heavy atom. The van der Waals surface area contributed by atoms with Crippen LogP contribution in [-0.2, 0) is 0 Å². The first-order valence-corrected chi connectivity index (χ1v) is 7.49. The first kappa shape index (κ1) is 15.6. The minimum atomic E-state index is -0.457. The van der Waals surface area contributed by atoms with E-state index in [0.717, 1.165) is 25.7 Å². The standard InChI is InChI=1S/C16H23NO4/c1-11(18)7-13-5-3-2-4-6-17(13)16(21)12-8-14(19)10-15(20)9-12/h8-11,13,18-20H,2-7H2,1H3. The van der Waals surface area contributed by atoms with Crippen LogP contribution >= 0.6 is 0 Å². The van der Waals surface area contributed by atoms with Gasteiger partial charge in [-0.2, -0.15) is 0 Å². The summed E-state index contributed by atoms with van der Waals surface area (Å²) in [5, 5.41) is 28.7. The number of hydrogen-bond acceptors (Lipinski definition) is 4. The number of aromatic hydroxyl groups is 2. The molecule has 1 saturated heterocycles. The molecule has 21 heavy (non-hydrogen) atoms. The van der Waals surface area contributed by atoms with Crippen molar-refractivity contribution < 1.29 is 20.1 Å². The highest BCUT2D eigenvalue weighted by Crippen LogP contribution is 2.26. The molecule has 5 heteroatoms. The maximum Gasteiger partial charge on any atom is 0.254 e. The number of aliphatic hydroxyl groups is 1. The second-order valence-electron chi connectivity index (χ2n) is 5.82. The van der Waals surface area contributed by atoms with Crippen molar-refractivity contribution in [3.63, 3.8) is 0 Å². The predicted octanol–water partition coefficient (Wildman–Crippen LogP) is 2.25. The topological polar surface area (TPSA) is 81.0 Å². The maximum absolute atomic E-state index is 12.7. The summed E-state index contributed by atoms with van der Waals surface area (Å²) in [5.74, 6) is -0.450. The molecule has 1 aliphatic heterocycles. The molecule has 1 heterocycles. The van der Waals surface area contributed by atoms with Crippen molar-refractivity contribution in [2.24, 2.45) is 0 Å². The van der Waals surface area contributed by atoms with Crippen LogP contribution in [0.4, 0.5) is 0 Å². The van der Waals surface area contributed by atoms with E-state index in [4.69, 9.17) is 0 Å². The quantitative estimate of drug-likeness (QED) is 0.798. The van der Waals surface area contributed by atoms with E-state index in [1.54, 1.807) is 11.8 Å². The summed E-state index contributed by atoms with van der Waals surface area (Å²) in [6.45, 7) is 2.38. The second-order valence-corrected chi connectivity index (χ2v) is 5.82. The van der Waals surface area contributed by atoms with Gasteiger partial charge in [0.2, 0.25) is 0 Å². The van der Waals surface area contributed by atoms with Gasteiger partial charge in [0.1, 0.15) is 11.5 Å². The molecule has 0 bridgehead atoms. The van der Waals surface area contributed by atoms with Gasteiger partial charge in [-0.3, -0.25) is 4.79 Å². The minimum absolute atomic E-state index is 0.00416. The molecule has 2 atom stereocenters. The minimum Gasteiger partial charge on any atom is -0.508 e. The molecule has 116 valence electrons. The summed E-state index contributed by atoms with van der Waals surface area (Å²) in [7, 11) is 0. The van der Waals surface area contributed by atoms with E-state index in [9.17, 15) is 20.1 Å². The van der Waals surface area contributed by atoms with Crippen LogP contribution in [-0.4, -0.2) is 44.8 Å². The molecule has 1 aliphatic rings. The van der Waals surface area contributed by atoms with E-state index >= 15 is 0 Å². The molecule has 0 radical (unpaired) electrons. The summed E-state index contributed by atoms with van der Waals surface area (Å²) in [6.07, 6.45) is 4.03. The van der Waals surface area contributed by atoms with Crippen LogP contribution in [0, 0.1) is 0 Å². The van der Waals surface area contributed by atoms with Crippen molar-refractivity contribution in [3.8, 4) is 11.5 Å². The zero-order chi connectivity index (χ0) is 15.4. The lowest BCUT2D eigenvalue weighted by Gasteiger charge is -2.31. The Labute approximate surface area is 124 Å². The Morgan fingerprint density at radius 1 is 1.24 bits per heavy atom. The average Bonchev–Trinajstić information content (AvgIpc) is 2.61. The fourth-order valence-electron chi connectivity index (χ4n) is 2.97. The Morgan fingerprint density at radius 3 is 2.52 bits per heavy atom. The number of phenolic OH excluding ortho intramolecular Hbond substituents is 2. The molecule has 1 aromatic carbocycles. The summed E-state index contributed by atoms with van der Waals surface area (Å²) >= 11 is 0. The van der Waals surface area contributed by atoms with Gasteiger partial charge in [-0.05, 0) is 38.3 Å². The number of hydrogen-bond donors (Lipinski definition) is 3. The van der Waals surface area contributed by atoms with Gasteiger partial charge in [0.05, 0.1) is 6.10 Å². The summed E-state index contributed by atoms with van der Waals surface area (Å²) in [4.78, 5) is 14.4. The van der Waals surface area contributed by atoms with Gasteiger partial charge in [0.25, 0.3) is 5.91 Å². The third-order valence-electron chi connectivity index (χ3n) is 3.90. The van der Waals surface area contributed by atoms with Crippen molar-refractivity contribution in [3.05, 3.63) is 23.8 Å². The molecule has 0 saturated carbocycles. The van der Waals surface area contributed by atoms with Crippen molar-refractivity contribution in [2.75, 3.05) is 6.54 Å². The van der Waals surface area contributed by atoms with Gasteiger partial charge in [-0.25, -0.2) is 0 Å². The molecule has 0 aliphatic carbocycles. The van der Waals surface area contributed by atoms with Gasteiger partial charge in [0, 0.05) is 24.2 Å². The first-order valence-electron chi connectivity index (χ1n) is 7.49. The monoisotopic (exact) mass is 293 g/mol. The van der Waals surface area contributed by atoms with E-state index in [1.807, 2.05) is 0 Å². The van der Waals surface area contributed by atoms with Gasteiger partial charge in [0.15, 0.2) is 0 Å². The van der Waals surface area contributed by atoms with Crippen molar-refractivity contribution in [1.82, 2.24) is 4.90 Å². The molecule has 5 nitrogen and oxygen atoms in total. The molecule has 1 fully saturated rings. The summed E-state index contributed by atoms with van der Waals surface area (Å²) in [5.41, 5.74) is 0.282. The molecule has 2 rings (SSSR count). The number of nitrogens with zero attached hydrogens (tertiary/aromatic N) is 1. The highest BCUT2D eigenvalue weighted by molar-refractivity contribution is 5.95. The zero-order valence-electron chi connectivity index (χ0n) is 12.3. The summed E-state index contributed by atoms with van der Waals surface area (Å²) in [6, 6.07) is 3.94. The van der Waals surface area contributed by atoms with E-state index in [1.165, 1.54) is 18.2 Å². The molecule has 0 spiro atoms. The zero-order valence-corrected chi connectivity index (χ0v) is 12.3. The molecule has 0 aromatic heterocycles. The number of carbonyl (C=O) groups excluding carboxylic acids is 1. The molecule has 1 amide bonds. The van der Waals surface area contributed by atoms with E-state index in [-0.39, 0.29) is 29.0 Å². The van der Waals surface area contributed by atoms with Gasteiger partial charge < -0.3 is 20.2 Å². The van der Waals surface area contributed by atoms with Crippen LogP contribution < -0.4 is 0 Å². The number of carbonyl (C=O) groups is 1. The Balaban J connectivity index is 2.24. The largest absolute Gasteiger partial charge is 0.508 e. The average molecular weight is 293 g/mol. The van der Waals surface area contributed by atoms with Crippen LogP contribution in [0.2, 0.25) is 0 Å². The molecule has 2 unspecified atom stereocenters. The van der Waals surface area contributed by atoms with E-state index in [0.29, 0.717) is 13.0 Å². The molecular weight excluding hydrogens is 270 g/mol. The maximum atomic E-state index is 12.7. The highest BCUT2D eigenvalue weighted by atomic mass is 16.3. The lowest BCUT2D eigenvalue weighted by molar-refractivity contribution is 0.0606. The molecule has 1 aromatic rings. The number of aliphatic hydroxyl groups excluding tert-OH is 1. The fourth-order valence-corrected chi connectivity index (χ4v) is 2.97. The second kappa shape index (κ2) is 6.80. The van der Waals surface area contributed by atoms with Gasteiger partial charge in [-0.1, -0.05) is 12.8 Å². The number of phenols is 2. The fraction of sp³-hybridized carbons (Fsp3) is 0.562. The lowest BCUT2D eigenvalue weighted by Crippen LogP contribution is -2.41. The van der Waals surface area contributed by atoms with Crippen LogP contribution in [0.1, 0.15) is 49.4 Å². The predicted molar refractivity (Wildman–Crippen MR) is 79.4 cm³/mol. The normalized spacial score (nSPS) is 20.9. The van der Waals surface area contributed by atoms with Crippen LogP contribution in [0.3, 0.4) is 0 Å². The molecular formula is C16H23NO4. The van der Waals surface area contributed by atoms with Crippen molar-refractivity contribution in [2.45, 2.75) is 51.2 Å². The molecule has 3 N–H and O–H groups in total. The van der Waals surface area contributed by atoms with Crippen molar-refractivity contribution >= 4 is 5.91 Å². The Bertz CT molecular complexity index is 481. The third-order valence-corrected chi connectivity index (χ3v) is 3.90. The number of benzene rings is 1. The number of rotatable bonds is 3.